The molecular weight excluding hydrogens is 532 g/mol. The van der Waals surface area contributed by atoms with Crippen LogP contribution in [0.1, 0.15) is 29.2 Å². The number of fused-ring (bicyclic) bond motifs is 1. The highest BCUT2D eigenvalue weighted by atomic mass is 19.4. The molecule has 1 amide bonds. The van der Waals surface area contributed by atoms with E-state index in [4.69, 9.17) is 0 Å². The summed E-state index contributed by atoms with van der Waals surface area (Å²) in [7, 11) is 0. The van der Waals surface area contributed by atoms with Crippen LogP contribution in [0.15, 0.2) is 43.2 Å². The highest BCUT2D eigenvalue weighted by molar-refractivity contribution is 5.92. The van der Waals surface area contributed by atoms with Gasteiger partial charge in [0.25, 0.3) is 5.91 Å². The highest BCUT2D eigenvalue weighted by Crippen LogP contribution is 2.38. The van der Waals surface area contributed by atoms with Crippen molar-refractivity contribution >= 4 is 16.9 Å². The monoisotopic (exact) mass is 554 g/mol. The molecule has 2 aliphatic rings. The number of nitriles is 1. The van der Waals surface area contributed by atoms with Gasteiger partial charge in [-0.15, -0.1) is 0 Å². The third-order valence-corrected chi connectivity index (χ3v) is 7.49. The summed E-state index contributed by atoms with van der Waals surface area (Å²) in [6.45, 7) is 0.641. The summed E-state index contributed by atoms with van der Waals surface area (Å²) in [4.78, 5) is 34.0. The van der Waals surface area contributed by atoms with Crippen LogP contribution in [0.2, 0.25) is 0 Å². The second-order valence-corrected chi connectivity index (χ2v) is 9.99. The zero-order valence-electron chi connectivity index (χ0n) is 20.9. The summed E-state index contributed by atoms with van der Waals surface area (Å²) in [6.07, 6.45) is 1.82. The van der Waals surface area contributed by atoms with Crippen LogP contribution in [-0.2, 0) is 11.7 Å². The number of likely N-dealkylation sites (tertiary alicyclic amines) is 2. The van der Waals surface area contributed by atoms with E-state index >= 15 is 4.39 Å². The minimum Gasteiger partial charge on any atom is -0.346 e. The number of aromatic nitrogens is 7. The van der Waals surface area contributed by atoms with Gasteiger partial charge in [-0.25, -0.2) is 24.3 Å². The van der Waals surface area contributed by atoms with E-state index in [-0.39, 0.29) is 25.9 Å². The first-order valence-electron chi connectivity index (χ1n) is 12.5. The topological polar surface area (TPSA) is 133 Å². The molecule has 11 nitrogen and oxygen atoms in total. The number of carbonyl (C=O) groups excluding carboxylic acids is 1. The second-order valence-electron chi connectivity index (χ2n) is 9.99. The third kappa shape index (κ3) is 4.43. The molecule has 6 rings (SSSR count). The highest BCUT2D eigenvalue weighted by Gasteiger charge is 2.50. The molecule has 0 saturated carbocycles. The summed E-state index contributed by atoms with van der Waals surface area (Å²) < 4.78 is 55.9. The third-order valence-electron chi connectivity index (χ3n) is 7.49. The Morgan fingerprint density at radius 3 is 2.80 bits per heavy atom. The van der Waals surface area contributed by atoms with Gasteiger partial charge in [-0.3, -0.25) is 14.4 Å². The molecule has 0 aliphatic carbocycles. The number of hydrogen-bond donors (Lipinski definition) is 1. The molecule has 1 N–H and O–H groups in total. The van der Waals surface area contributed by atoms with Crippen LogP contribution in [0.5, 0.6) is 0 Å². The molecule has 2 atom stereocenters. The van der Waals surface area contributed by atoms with Gasteiger partial charge in [-0.2, -0.15) is 23.5 Å². The van der Waals surface area contributed by atoms with E-state index in [1.54, 1.807) is 17.1 Å². The summed E-state index contributed by atoms with van der Waals surface area (Å²) in [5, 5.41) is 14.9. The molecule has 206 valence electrons. The maximum Gasteiger partial charge on any atom is 0.451 e. The van der Waals surface area contributed by atoms with E-state index in [1.165, 1.54) is 11.2 Å². The van der Waals surface area contributed by atoms with Gasteiger partial charge in [0.2, 0.25) is 5.82 Å². The predicted octanol–water partition coefficient (Wildman–Crippen LogP) is 2.81. The fourth-order valence-corrected chi connectivity index (χ4v) is 5.50. The molecular formula is C25H22F4N10O. The van der Waals surface area contributed by atoms with Crippen molar-refractivity contribution in [3.8, 4) is 17.3 Å². The van der Waals surface area contributed by atoms with Crippen LogP contribution >= 0.6 is 0 Å². The first-order valence-corrected chi connectivity index (χ1v) is 12.5. The van der Waals surface area contributed by atoms with E-state index in [0.29, 0.717) is 24.4 Å². The van der Waals surface area contributed by atoms with Crippen LogP contribution in [0, 0.1) is 11.3 Å². The molecule has 40 heavy (non-hydrogen) atoms. The zero-order chi connectivity index (χ0) is 28.1. The van der Waals surface area contributed by atoms with Crippen LogP contribution in [0.3, 0.4) is 0 Å². The van der Waals surface area contributed by atoms with Crippen molar-refractivity contribution in [1.29, 1.82) is 5.26 Å². The number of aromatic amines is 1. The van der Waals surface area contributed by atoms with Gasteiger partial charge in [0.15, 0.2) is 0 Å². The Hall–Kier alpha value is -4.45. The molecule has 2 fully saturated rings. The molecule has 2 saturated heterocycles. The number of carbonyl (C=O) groups is 1. The van der Waals surface area contributed by atoms with Gasteiger partial charge in [-0.05, 0) is 18.6 Å². The lowest BCUT2D eigenvalue weighted by Crippen LogP contribution is -2.68. The number of alkyl halides is 4. The lowest BCUT2D eigenvalue weighted by molar-refractivity contribution is -0.145. The molecule has 0 aromatic carbocycles. The Morgan fingerprint density at radius 1 is 1.23 bits per heavy atom. The molecule has 0 bridgehead atoms. The molecule has 4 aromatic rings. The number of piperidine rings is 1. The number of halogens is 4. The van der Waals surface area contributed by atoms with Gasteiger partial charge in [-0.1, -0.05) is 0 Å². The number of hydrogen-bond acceptors (Lipinski definition) is 8. The Bertz CT molecular complexity index is 1600. The Labute approximate surface area is 224 Å². The normalized spacial score (nSPS) is 21.2. The zero-order valence-corrected chi connectivity index (χ0v) is 20.9. The average molecular weight is 555 g/mol. The number of nitrogens with one attached hydrogen (secondary N) is 1. The first kappa shape index (κ1) is 25.8. The minimum absolute atomic E-state index is 0.156. The van der Waals surface area contributed by atoms with Crippen molar-refractivity contribution in [2.45, 2.75) is 36.8 Å². The van der Waals surface area contributed by atoms with Crippen LogP contribution in [0.4, 0.5) is 17.6 Å². The smallest absolute Gasteiger partial charge is 0.346 e. The van der Waals surface area contributed by atoms with E-state index in [0.717, 1.165) is 23.2 Å². The van der Waals surface area contributed by atoms with E-state index in [2.05, 4.69) is 36.1 Å². The number of nitrogens with zero attached hydrogens (tertiary/aromatic N) is 9. The summed E-state index contributed by atoms with van der Waals surface area (Å²) in [5.41, 5.74) is 1.07. The van der Waals surface area contributed by atoms with E-state index in [9.17, 15) is 23.2 Å². The molecule has 2 aliphatic heterocycles. The van der Waals surface area contributed by atoms with Gasteiger partial charge < -0.3 is 9.88 Å². The molecule has 1 unspecified atom stereocenters. The summed E-state index contributed by atoms with van der Waals surface area (Å²) in [6, 6.07) is 4.66. The first-order chi connectivity index (χ1) is 19.2. The average Bonchev–Trinajstić information content (AvgIpc) is 3.60. The largest absolute Gasteiger partial charge is 0.451 e. The quantitative estimate of drug-likeness (QED) is 0.373. The second kappa shape index (κ2) is 9.63. The maximum absolute atomic E-state index is 15.3. The van der Waals surface area contributed by atoms with Crippen LogP contribution in [-0.4, -0.2) is 88.8 Å². The molecule has 6 heterocycles. The summed E-state index contributed by atoms with van der Waals surface area (Å²) in [5.74, 6) is -2.19. The predicted molar refractivity (Wildman–Crippen MR) is 131 cm³/mol. The van der Waals surface area contributed by atoms with Crippen LogP contribution in [0.25, 0.3) is 22.3 Å². The Balaban J connectivity index is 1.14. The number of amides is 1. The van der Waals surface area contributed by atoms with Crippen LogP contribution < -0.4 is 0 Å². The van der Waals surface area contributed by atoms with E-state index in [1.807, 2.05) is 17.2 Å². The van der Waals surface area contributed by atoms with Gasteiger partial charge in [0.1, 0.15) is 29.4 Å². The number of rotatable bonds is 5. The Kier molecular flexibility index (Phi) is 6.21. The minimum atomic E-state index is -4.79. The molecule has 0 radical (unpaired) electrons. The van der Waals surface area contributed by atoms with Crippen molar-refractivity contribution < 1.29 is 22.4 Å². The van der Waals surface area contributed by atoms with Crippen molar-refractivity contribution in [2.24, 2.45) is 0 Å². The van der Waals surface area contributed by atoms with Gasteiger partial charge in [0.05, 0.1) is 30.9 Å². The molecule has 15 heteroatoms. The van der Waals surface area contributed by atoms with Crippen molar-refractivity contribution in [2.75, 3.05) is 26.2 Å². The van der Waals surface area contributed by atoms with Gasteiger partial charge >= 0.3 is 6.18 Å². The van der Waals surface area contributed by atoms with Gasteiger partial charge in [0, 0.05) is 55.2 Å². The Morgan fingerprint density at radius 2 is 2.05 bits per heavy atom. The van der Waals surface area contributed by atoms with Crippen molar-refractivity contribution in [3.05, 3.63) is 54.8 Å². The standard InChI is InChI=1S/C25H22F4N10O/c26-17-11-37(22(40)18-2-7-32-23(36-18)25(27,28)29)8-3-19(17)38-12-24(13-38,4-5-30)39-10-15(9-35-39)20-16-1-6-31-21(16)34-14-33-20/h1-2,6-7,9-10,14,17,19H,3-4,8,11-13H2,(H,31,33,34)/t17?,19-/m1/s1. The van der Waals surface area contributed by atoms with Crippen molar-refractivity contribution in [3.63, 3.8) is 0 Å². The lowest BCUT2D eigenvalue weighted by Gasteiger charge is -2.54. The SMILES string of the molecule is N#CCC1(n2cc(-c3ncnc4[nH]ccc34)cn2)CN([C@@H]2CCN(C(=O)c3ccnc(C(F)(F)F)n3)CC2F)C1. The molecule has 0 spiro atoms. The maximum atomic E-state index is 15.3. The fourth-order valence-electron chi connectivity index (χ4n) is 5.50. The number of H-pyrrole nitrogens is 1. The van der Waals surface area contributed by atoms with Crippen molar-refractivity contribution in [1.82, 2.24) is 44.5 Å². The molecule has 4 aromatic heterocycles. The van der Waals surface area contributed by atoms with E-state index < -0.39 is 41.4 Å². The lowest BCUT2D eigenvalue weighted by atomic mass is 9.83. The summed E-state index contributed by atoms with van der Waals surface area (Å²) >= 11 is 0. The fraction of sp³-hybridized carbons (Fsp3) is 0.400.